The number of hydrogen-bond donors (Lipinski definition) is 1. The smallest absolute Gasteiger partial charge is 0.309 e. The van der Waals surface area contributed by atoms with E-state index in [1.807, 2.05) is 50.2 Å². The highest BCUT2D eigenvalue weighted by molar-refractivity contribution is 5.73. The van der Waals surface area contributed by atoms with Crippen LogP contribution in [0.2, 0.25) is 0 Å². The van der Waals surface area contributed by atoms with E-state index in [0.29, 0.717) is 6.54 Å². The first-order valence-electron chi connectivity index (χ1n) is 7.61. The fraction of sp³-hybridized carbons (Fsp3) is 0.316. The van der Waals surface area contributed by atoms with Gasteiger partial charge in [-0.1, -0.05) is 60.7 Å². The molecule has 0 radical (unpaired) electrons. The maximum atomic E-state index is 11.4. The summed E-state index contributed by atoms with van der Waals surface area (Å²) >= 11 is 0. The van der Waals surface area contributed by atoms with E-state index in [4.69, 9.17) is 0 Å². The number of likely N-dealkylation sites (tertiary alicyclic amines) is 1. The van der Waals surface area contributed by atoms with Crippen LogP contribution < -0.4 is 0 Å². The Bertz CT molecular complexity index is 612. The van der Waals surface area contributed by atoms with E-state index in [2.05, 4.69) is 29.2 Å². The van der Waals surface area contributed by atoms with Crippen LogP contribution in [0.25, 0.3) is 0 Å². The van der Waals surface area contributed by atoms with Gasteiger partial charge in [-0.3, -0.25) is 9.69 Å². The Morgan fingerprint density at radius 3 is 1.86 bits per heavy atom. The molecule has 1 aliphatic heterocycles. The maximum Gasteiger partial charge on any atom is 0.309 e. The summed E-state index contributed by atoms with van der Waals surface area (Å²) in [6, 6.07) is 20.7. The molecule has 114 valence electrons. The number of carboxylic acid groups (broad SMARTS) is 1. The number of hydrogen-bond acceptors (Lipinski definition) is 2. The molecule has 1 atom stereocenters. The number of rotatable bonds is 4. The van der Waals surface area contributed by atoms with Crippen LogP contribution in [0, 0.1) is 5.92 Å². The largest absolute Gasteiger partial charge is 0.481 e. The monoisotopic (exact) mass is 295 g/mol. The predicted octanol–water partition coefficient (Wildman–Crippen LogP) is 3.57. The lowest BCUT2D eigenvalue weighted by molar-refractivity contribution is -0.164. The molecule has 2 aromatic rings. The van der Waals surface area contributed by atoms with Crippen molar-refractivity contribution in [3.05, 3.63) is 71.8 Å². The highest BCUT2D eigenvalue weighted by Crippen LogP contribution is 2.45. The second-order valence-electron chi connectivity index (χ2n) is 6.42. The summed E-state index contributed by atoms with van der Waals surface area (Å²) in [5.74, 6) is -1.02. The van der Waals surface area contributed by atoms with Gasteiger partial charge in [0.1, 0.15) is 0 Å². The minimum atomic E-state index is -0.707. The molecule has 1 saturated heterocycles. The van der Waals surface area contributed by atoms with Gasteiger partial charge in [0.05, 0.1) is 12.0 Å². The van der Waals surface area contributed by atoms with Crippen molar-refractivity contribution in [3.8, 4) is 0 Å². The van der Waals surface area contributed by atoms with Gasteiger partial charge in [-0.15, -0.1) is 0 Å². The Kier molecular flexibility index (Phi) is 3.75. The second kappa shape index (κ2) is 5.58. The lowest BCUT2D eigenvalue weighted by atomic mass is 9.74. The molecule has 3 heteroatoms. The Labute approximate surface area is 131 Å². The molecule has 3 rings (SSSR count). The van der Waals surface area contributed by atoms with Gasteiger partial charge in [0.2, 0.25) is 0 Å². The SMILES string of the molecule is CC1(C)C(C(=O)O)CN1C(c1ccccc1)c1ccccc1. The fourth-order valence-corrected chi connectivity index (χ4v) is 3.38. The summed E-state index contributed by atoms with van der Waals surface area (Å²) in [7, 11) is 0. The summed E-state index contributed by atoms with van der Waals surface area (Å²) in [6.07, 6.45) is 0. The van der Waals surface area contributed by atoms with Crippen LogP contribution in [0.3, 0.4) is 0 Å². The van der Waals surface area contributed by atoms with Gasteiger partial charge in [-0.2, -0.15) is 0 Å². The topological polar surface area (TPSA) is 40.5 Å². The summed E-state index contributed by atoms with van der Waals surface area (Å²) in [5.41, 5.74) is 2.04. The highest BCUT2D eigenvalue weighted by atomic mass is 16.4. The summed E-state index contributed by atoms with van der Waals surface area (Å²) < 4.78 is 0. The molecule has 0 spiro atoms. The Morgan fingerprint density at radius 1 is 1.05 bits per heavy atom. The number of carboxylic acids is 1. The van der Waals surface area contributed by atoms with E-state index in [9.17, 15) is 9.90 Å². The molecule has 2 aromatic carbocycles. The highest BCUT2D eigenvalue weighted by Gasteiger charge is 2.53. The molecule has 1 N–H and O–H groups in total. The van der Waals surface area contributed by atoms with E-state index in [1.165, 1.54) is 11.1 Å². The molecule has 0 aliphatic carbocycles. The van der Waals surface area contributed by atoms with Crippen LogP contribution in [0.15, 0.2) is 60.7 Å². The Morgan fingerprint density at radius 2 is 1.50 bits per heavy atom. The molecule has 1 heterocycles. The number of benzene rings is 2. The van der Waals surface area contributed by atoms with Crippen molar-refractivity contribution < 1.29 is 9.90 Å². The predicted molar refractivity (Wildman–Crippen MR) is 86.6 cm³/mol. The average Bonchev–Trinajstić information content (AvgIpc) is 2.52. The van der Waals surface area contributed by atoms with Crippen molar-refractivity contribution in [3.63, 3.8) is 0 Å². The third-order valence-electron chi connectivity index (χ3n) is 4.81. The van der Waals surface area contributed by atoms with Crippen molar-refractivity contribution >= 4 is 5.97 Å². The van der Waals surface area contributed by atoms with Gasteiger partial charge in [-0.05, 0) is 25.0 Å². The Hall–Kier alpha value is -2.13. The van der Waals surface area contributed by atoms with E-state index in [1.54, 1.807) is 0 Å². The van der Waals surface area contributed by atoms with E-state index >= 15 is 0 Å². The molecule has 1 unspecified atom stereocenters. The van der Waals surface area contributed by atoms with Crippen molar-refractivity contribution in [1.29, 1.82) is 0 Å². The minimum absolute atomic E-state index is 0.0907. The molecule has 22 heavy (non-hydrogen) atoms. The zero-order valence-corrected chi connectivity index (χ0v) is 12.9. The molecule has 0 amide bonds. The zero-order valence-electron chi connectivity index (χ0n) is 12.9. The van der Waals surface area contributed by atoms with Gasteiger partial charge >= 0.3 is 5.97 Å². The lowest BCUT2D eigenvalue weighted by Gasteiger charge is -2.56. The fourth-order valence-electron chi connectivity index (χ4n) is 3.38. The van der Waals surface area contributed by atoms with E-state index in [0.717, 1.165) is 0 Å². The standard InChI is InChI=1S/C19H21NO2/c1-19(2)16(18(21)22)13-20(19)17(14-9-5-3-6-10-14)15-11-7-4-8-12-15/h3-12,16-17H,13H2,1-2H3,(H,21,22). The zero-order chi connectivity index (χ0) is 15.7. The van der Waals surface area contributed by atoms with Crippen LogP contribution in [0.5, 0.6) is 0 Å². The third kappa shape index (κ3) is 2.42. The van der Waals surface area contributed by atoms with E-state index < -0.39 is 5.97 Å². The second-order valence-corrected chi connectivity index (χ2v) is 6.42. The molecule has 3 nitrogen and oxygen atoms in total. The molecule has 0 aromatic heterocycles. The van der Waals surface area contributed by atoms with Crippen LogP contribution in [0.4, 0.5) is 0 Å². The normalized spacial score (nSPS) is 20.6. The van der Waals surface area contributed by atoms with Gasteiger partial charge in [-0.25, -0.2) is 0 Å². The van der Waals surface area contributed by atoms with Crippen molar-refractivity contribution in [2.24, 2.45) is 5.92 Å². The van der Waals surface area contributed by atoms with Crippen LogP contribution in [0.1, 0.15) is 31.0 Å². The quantitative estimate of drug-likeness (QED) is 0.937. The maximum absolute atomic E-state index is 11.4. The van der Waals surface area contributed by atoms with Crippen molar-refractivity contribution in [2.75, 3.05) is 6.54 Å². The summed E-state index contributed by atoms with van der Waals surface area (Å²) in [5, 5.41) is 9.38. The first-order valence-corrected chi connectivity index (χ1v) is 7.61. The summed E-state index contributed by atoms with van der Waals surface area (Å²) in [6.45, 7) is 4.62. The van der Waals surface area contributed by atoms with Crippen LogP contribution in [-0.2, 0) is 4.79 Å². The van der Waals surface area contributed by atoms with Crippen LogP contribution in [-0.4, -0.2) is 28.1 Å². The van der Waals surface area contributed by atoms with Crippen molar-refractivity contribution in [2.45, 2.75) is 25.4 Å². The van der Waals surface area contributed by atoms with Crippen molar-refractivity contribution in [1.82, 2.24) is 4.90 Å². The first kappa shape index (κ1) is 14.8. The molecule has 1 fully saturated rings. The first-order chi connectivity index (χ1) is 10.5. The van der Waals surface area contributed by atoms with Crippen LogP contribution >= 0.6 is 0 Å². The van der Waals surface area contributed by atoms with E-state index in [-0.39, 0.29) is 17.5 Å². The third-order valence-corrected chi connectivity index (χ3v) is 4.81. The van der Waals surface area contributed by atoms with Gasteiger partial charge < -0.3 is 5.11 Å². The molecule has 0 saturated carbocycles. The van der Waals surface area contributed by atoms with Gasteiger partial charge in [0.25, 0.3) is 0 Å². The number of aliphatic carboxylic acids is 1. The minimum Gasteiger partial charge on any atom is -0.481 e. The Balaban J connectivity index is 2.00. The van der Waals surface area contributed by atoms with Gasteiger partial charge in [0, 0.05) is 12.1 Å². The van der Waals surface area contributed by atoms with Gasteiger partial charge in [0.15, 0.2) is 0 Å². The molecular formula is C19H21NO2. The number of carbonyl (C=O) groups is 1. The molecule has 1 aliphatic rings. The average molecular weight is 295 g/mol. The molecule has 0 bridgehead atoms. The lowest BCUT2D eigenvalue weighted by Crippen LogP contribution is -2.67. The summed E-state index contributed by atoms with van der Waals surface area (Å²) in [4.78, 5) is 13.7. The molecular weight excluding hydrogens is 274 g/mol. The number of nitrogens with zero attached hydrogens (tertiary/aromatic N) is 1.